The lowest BCUT2D eigenvalue weighted by atomic mass is 9.70. The molecule has 242 valence electrons. The molecular weight excluding hydrogens is 627 g/mol. The number of hydrogen-bond acceptors (Lipinski definition) is 1. The number of para-hydroxylation sites is 1. The molecule has 0 N–H and O–H groups in total. The molecule has 0 heterocycles. The highest BCUT2D eigenvalue weighted by Crippen LogP contribution is 2.63. The van der Waals surface area contributed by atoms with E-state index in [1.807, 2.05) is 0 Å². The maximum atomic E-state index is 2.42. The van der Waals surface area contributed by atoms with E-state index in [9.17, 15) is 0 Å². The van der Waals surface area contributed by atoms with Crippen molar-refractivity contribution in [2.24, 2.45) is 0 Å². The van der Waals surface area contributed by atoms with Crippen LogP contribution in [0, 0.1) is 0 Å². The molecule has 1 nitrogen and oxygen atoms in total. The minimum absolute atomic E-state index is 0.348. The van der Waals surface area contributed by atoms with E-state index in [0.717, 1.165) is 17.1 Å². The summed E-state index contributed by atoms with van der Waals surface area (Å²) >= 11 is 0. The molecule has 0 unspecified atom stereocenters. The van der Waals surface area contributed by atoms with Crippen LogP contribution >= 0.6 is 0 Å². The van der Waals surface area contributed by atoms with Gasteiger partial charge in [-0.2, -0.15) is 0 Å². The zero-order chi connectivity index (χ0) is 34.2. The van der Waals surface area contributed by atoms with E-state index in [-0.39, 0.29) is 5.41 Å². The summed E-state index contributed by atoms with van der Waals surface area (Å²) in [6.07, 6.45) is 0. The Bertz CT molecular complexity index is 2800. The topological polar surface area (TPSA) is 3.24 Å². The van der Waals surface area contributed by atoms with Crippen LogP contribution in [0.5, 0.6) is 0 Å². The summed E-state index contributed by atoms with van der Waals surface area (Å²) in [6, 6.07) is 73.9. The van der Waals surface area contributed by atoms with Gasteiger partial charge in [0.25, 0.3) is 0 Å². The predicted octanol–water partition coefficient (Wildman–Crippen LogP) is 13.5. The first-order valence-corrected chi connectivity index (χ1v) is 18.1. The highest BCUT2D eigenvalue weighted by molar-refractivity contribution is 6.13. The van der Waals surface area contributed by atoms with Crippen LogP contribution in [0.2, 0.25) is 0 Å². The first-order valence-electron chi connectivity index (χ1n) is 18.1. The molecule has 0 aromatic heterocycles. The van der Waals surface area contributed by atoms with Crippen molar-refractivity contribution in [1.82, 2.24) is 0 Å². The third-order valence-electron chi connectivity index (χ3n) is 11.5. The Morgan fingerprint density at radius 3 is 1.44 bits per heavy atom. The number of nitrogens with zero attached hydrogens (tertiary/aromatic N) is 1. The van der Waals surface area contributed by atoms with Gasteiger partial charge < -0.3 is 4.90 Å². The second kappa shape index (κ2) is 11.2. The van der Waals surface area contributed by atoms with Gasteiger partial charge in [-0.3, -0.25) is 0 Å². The molecule has 9 aromatic carbocycles. The van der Waals surface area contributed by atoms with Crippen LogP contribution in [0.15, 0.2) is 200 Å². The standard InChI is InChI=1S/C51H33N/c1-2-15-36(16-3-1)52(37-28-26-34(27-29-37)45-32-35-14-4-5-17-39(35)40-18-6-7-19-41(40)45)38-30-31-50-46(33-38)44-22-10-13-25-49(44)51(50)47-23-11-8-20-42(47)43-21-9-12-24-48(43)51/h1-33H. The number of rotatable bonds is 4. The van der Waals surface area contributed by atoms with Crippen molar-refractivity contribution >= 4 is 38.6 Å². The molecule has 52 heavy (non-hydrogen) atoms. The zero-order valence-electron chi connectivity index (χ0n) is 28.5. The fourth-order valence-electron chi connectivity index (χ4n) is 9.33. The Morgan fingerprint density at radius 1 is 0.288 bits per heavy atom. The lowest BCUT2D eigenvalue weighted by Crippen LogP contribution is -2.25. The summed E-state index contributed by atoms with van der Waals surface area (Å²) in [4.78, 5) is 2.40. The maximum Gasteiger partial charge on any atom is 0.0725 e. The van der Waals surface area contributed by atoms with Crippen LogP contribution in [-0.2, 0) is 5.41 Å². The number of hydrogen-bond donors (Lipinski definition) is 0. The fourth-order valence-corrected chi connectivity index (χ4v) is 9.33. The largest absolute Gasteiger partial charge is 0.310 e. The third kappa shape index (κ3) is 3.99. The van der Waals surface area contributed by atoms with Crippen molar-refractivity contribution in [3.63, 3.8) is 0 Å². The molecule has 0 fully saturated rings. The number of anilines is 3. The Labute approximate surface area is 303 Å². The van der Waals surface area contributed by atoms with Gasteiger partial charge in [0.05, 0.1) is 5.41 Å². The van der Waals surface area contributed by atoms with Gasteiger partial charge in [0.1, 0.15) is 0 Å². The van der Waals surface area contributed by atoms with E-state index in [0.29, 0.717) is 0 Å². The minimum atomic E-state index is -0.348. The van der Waals surface area contributed by atoms with E-state index in [1.54, 1.807) is 0 Å². The fraction of sp³-hybridized carbons (Fsp3) is 0.0196. The van der Waals surface area contributed by atoms with Crippen molar-refractivity contribution in [3.8, 4) is 33.4 Å². The molecular formula is C51H33N. The van der Waals surface area contributed by atoms with E-state index in [4.69, 9.17) is 0 Å². The van der Waals surface area contributed by atoms with E-state index in [2.05, 4.69) is 205 Å². The Morgan fingerprint density at radius 2 is 0.769 bits per heavy atom. The zero-order valence-corrected chi connectivity index (χ0v) is 28.5. The van der Waals surface area contributed by atoms with Crippen LogP contribution in [-0.4, -0.2) is 0 Å². The molecule has 1 spiro atoms. The van der Waals surface area contributed by atoms with Gasteiger partial charge in [-0.15, -0.1) is 0 Å². The molecule has 0 saturated heterocycles. The van der Waals surface area contributed by atoms with Gasteiger partial charge in [-0.1, -0.05) is 158 Å². The molecule has 2 aliphatic rings. The van der Waals surface area contributed by atoms with Crippen LogP contribution in [0.25, 0.3) is 54.9 Å². The second-order valence-electron chi connectivity index (χ2n) is 14.0. The van der Waals surface area contributed by atoms with E-state index >= 15 is 0 Å². The second-order valence-corrected chi connectivity index (χ2v) is 14.0. The Balaban J connectivity index is 1.09. The normalized spacial score (nSPS) is 13.2. The average Bonchev–Trinajstić information content (AvgIpc) is 3.68. The quantitative estimate of drug-likeness (QED) is 0.170. The van der Waals surface area contributed by atoms with Crippen molar-refractivity contribution < 1.29 is 0 Å². The first kappa shape index (κ1) is 29.1. The van der Waals surface area contributed by atoms with Gasteiger partial charge >= 0.3 is 0 Å². The van der Waals surface area contributed by atoms with Crippen LogP contribution in [0.1, 0.15) is 22.3 Å². The van der Waals surface area contributed by atoms with E-state index < -0.39 is 0 Å². The molecule has 11 rings (SSSR count). The van der Waals surface area contributed by atoms with Crippen LogP contribution < -0.4 is 4.90 Å². The van der Waals surface area contributed by atoms with Crippen LogP contribution in [0.4, 0.5) is 17.1 Å². The molecule has 0 aliphatic heterocycles. The highest BCUT2D eigenvalue weighted by atomic mass is 15.1. The average molecular weight is 660 g/mol. The summed E-state index contributed by atoms with van der Waals surface area (Å²) < 4.78 is 0. The summed E-state index contributed by atoms with van der Waals surface area (Å²) in [5.74, 6) is 0. The molecule has 2 aliphatic carbocycles. The molecule has 0 radical (unpaired) electrons. The van der Waals surface area contributed by atoms with Crippen molar-refractivity contribution in [2.75, 3.05) is 4.90 Å². The van der Waals surface area contributed by atoms with Crippen LogP contribution in [0.3, 0.4) is 0 Å². The molecule has 0 bridgehead atoms. The van der Waals surface area contributed by atoms with Gasteiger partial charge in [-0.05, 0) is 120 Å². The smallest absolute Gasteiger partial charge is 0.0725 e. The molecule has 0 amide bonds. The number of fused-ring (bicyclic) bond motifs is 13. The summed E-state index contributed by atoms with van der Waals surface area (Å²) in [5.41, 5.74) is 16.2. The third-order valence-corrected chi connectivity index (χ3v) is 11.5. The van der Waals surface area contributed by atoms with Gasteiger partial charge in [0, 0.05) is 17.1 Å². The number of benzene rings is 9. The highest BCUT2D eigenvalue weighted by Gasteiger charge is 2.51. The summed E-state index contributed by atoms with van der Waals surface area (Å²) in [6.45, 7) is 0. The van der Waals surface area contributed by atoms with Gasteiger partial charge in [0.15, 0.2) is 0 Å². The van der Waals surface area contributed by atoms with E-state index in [1.165, 1.54) is 77.2 Å². The van der Waals surface area contributed by atoms with Gasteiger partial charge in [-0.25, -0.2) is 0 Å². The summed E-state index contributed by atoms with van der Waals surface area (Å²) in [5, 5.41) is 5.11. The Kier molecular flexibility index (Phi) is 6.23. The lowest BCUT2D eigenvalue weighted by Gasteiger charge is -2.31. The molecule has 0 atom stereocenters. The summed E-state index contributed by atoms with van der Waals surface area (Å²) in [7, 11) is 0. The molecule has 9 aromatic rings. The first-order chi connectivity index (χ1) is 25.8. The SMILES string of the molecule is c1ccc(N(c2ccc(-c3cc4ccccc4c4ccccc34)cc2)c2ccc3c(c2)-c2ccccc2C32c3ccccc3-c3ccccc32)cc1. The van der Waals surface area contributed by atoms with Crippen molar-refractivity contribution in [1.29, 1.82) is 0 Å². The lowest BCUT2D eigenvalue weighted by molar-refractivity contribution is 0.794. The monoisotopic (exact) mass is 659 g/mol. The molecule has 1 heteroatoms. The predicted molar refractivity (Wildman–Crippen MR) is 218 cm³/mol. The minimum Gasteiger partial charge on any atom is -0.310 e. The van der Waals surface area contributed by atoms with Gasteiger partial charge in [0.2, 0.25) is 0 Å². The van der Waals surface area contributed by atoms with Crippen molar-refractivity contribution in [3.05, 3.63) is 222 Å². The maximum absolute atomic E-state index is 2.42. The van der Waals surface area contributed by atoms with Crippen molar-refractivity contribution in [2.45, 2.75) is 5.41 Å². The Hall–Kier alpha value is -6.70. The molecule has 0 saturated carbocycles.